The van der Waals surface area contributed by atoms with Crippen LogP contribution in [0.25, 0.3) is 0 Å². The van der Waals surface area contributed by atoms with E-state index >= 15 is 0 Å². The van der Waals surface area contributed by atoms with E-state index in [1.165, 1.54) is 16.2 Å². The maximum absolute atomic E-state index is 12.4. The summed E-state index contributed by atoms with van der Waals surface area (Å²) in [5, 5.41) is 0.360. The van der Waals surface area contributed by atoms with E-state index < -0.39 is 11.9 Å². The number of likely N-dealkylation sites (N-methyl/N-ethyl adjacent to an activating group) is 1. The minimum Gasteiger partial charge on any atom is -0.347 e. The molecule has 0 fully saturated rings. The van der Waals surface area contributed by atoms with Gasteiger partial charge in [-0.05, 0) is 26.0 Å². The molecule has 0 aliphatic carbocycles. The van der Waals surface area contributed by atoms with Crippen LogP contribution in [-0.2, 0) is 4.79 Å². The SMILES string of the molecule is Cc1cn(C(C)C(=O)N(C)C)c(=NC(=O)c2ccccc2Cl)s1. The summed E-state index contributed by atoms with van der Waals surface area (Å²) in [6.07, 6.45) is 1.83. The molecule has 1 aromatic heterocycles. The highest BCUT2D eigenvalue weighted by Gasteiger charge is 2.19. The first-order valence-corrected chi connectivity index (χ1v) is 8.24. The molecule has 0 N–H and O–H groups in total. The molecule has 7 heteroatoms. The number of nitrogens with zero attached hydrogens (tertiary/aromatic N) is 3. The van der Waals surface area contributed by atoms with Crippen molar-refractivity contribution >= 4 is 34.8 Å². The van der Waals surface area contributed by atoms with Gasteiger partial charge in [-0.1, -0.05) is 23.7 Å². The van der Waals surface area contributed by atoms with Crippen molar-refractivity contribution in [1.29, 1.82) is 0 Å². The van der Waals surface area contributed by atoms with Crippen molar-refractivity contribution in [3.05, 3.63) is 50.7 Å². The van der Waals surface area contributed by atoms with Crippen molar-refractivity contribution in [2.24, 2.45) is 4.99 Å². The Morgan fingerprint density at radius 2 is 1.96 bits per heavy atom. The van der Waals surface area contributed by atoms with Crippen LogP contribution < -0.4 is 4.80 Å². The number of carbonyl (C=O) groups is 2. The number of carbonyl (C=O) groups excluding carboxylic acids is 2. The lowest BCUT2D eigenvalue weighted by Crippen LogP contribution is -2.33. The molecule has 0 aliphatic rings. The third-order valence-corrected chi connectivity index (χ3v) is 4.55. The molecule has 122 valence electrons. The van der Waals surface area contributed by atoms with Gasteiger partial charge in [0, 0.05) is 25.2 Å². The molecule has 0 saturated carbocycles. The van der Waals surface area contributed by atoms with Gasteiger partial charge in [0.15, 0.2) is 4.80 Å². The fourth-order valence-corrected chi connectivity index (χ4v) is 3.22. The zero-order chi connectivity index (χ0) is 17.1. The van der Waals surface area contributed by atoms with Gasteiger partial charge < -0.3 is 9.47 Å². The van der Waals surface area contributed by atoms with Crippen molar-refractivity contribution in [3.63, 3.8) is 0 Å². The first-order chi connectivity index (χ1) is 10.8. The lowest BCUT2D eigenvalue weighted by Gasteiger charge is -2.17. The van der Waals surface area contributed by atoms with Crippen LogP contribution in [0.2, 0.25) is 5.02 Å². The van der Waals surface area contributed by atoms with Gasteiger partial charge in [-0.2, -0.15) is 4.99 Å². The quantitative estimate of drug-likeness (QED) is 0.853. The molecule has 0 spiro atoms. The van der Waals surface area contributed by atoms with Crippen molar-refractivity contribution in [1.82, 2.24) is 9.47 Å². The monoisotopic (exact) mass is 351 g/mol. The van der Waals surface area contributed by atoms with Crippen molar-refractivity contribution < 1.29 is 9.59 Å². The topological polar surface area (TPSA) is 54.7 Å². The van der Waals surface area contributed by atoms with Gasteiger partial charge in [0.2, 0.25) is 5.91 Å². The van der Waals surface area contributed by atoms with Crippen LogP contribution in [0.15, 0.2) is 35.5 Å². The second kappa shape index (κ2) is 7.10. The van der Waals surface area contributed by atoms with E-state index in [4.69, 9.17) is 11.6 Å². The molecule has 1 unspecified atom stereocenters. The fraction of sp³-hybridized carbons (Fsp3) is 0.312. The molecule has 0 radical (unpaired) electrons. The second-order valence-corrected chi connectivity index (χ2v) is 6.96. The molecular formula is C16H18ClN3O2S. The number of hydrogen-bond donors (Lipinski definition) is 0. The highest BCUT2D eigenvalue weighted by molar-refractivity contribution is 7.09. The maximum Gasteiger partial charge on any atom is 0.281 e. The zero-order valence-electron chi connectivity index (χ0n) is 13.4. The van der Waals surface area contributed by atoms with E-state index in [2.05, 4.69) is 4.99 Å². The standard InChI is InChI=1S/C16H18ClN3O2S/c1-10-9-20(11(2)15(22)19(3)4)16(23-10)18-14(21)12-7-5-6-8-13(12)17/h5-9,11H,1-4H3. The number of hydrogen-bond acceptors (Lipinski definition) is 3. The Kier molecular flexibility index (Phi) is 5.38. The third-order valence-electron chi connectivity index (χ3n) is 3.31. The van der Waals surface area contributed by atoms with Crippen LogP contribution in [0, 0.1) is 6.92 Å². The molecule has 1 aromatic carbocycles. The largest absolute Gasteiger partial charge is 0.347 e. The number of aromatic nitrogens is 1. The van der Waals surface area contributed by atoms with Gasteiger partial charge in [-0.3, -0.25) is 9.59 Å². The molecule has 2 rings (SSSR count). The Hall–Kier alpha value is -1.92. The minimum absolute atomic E-state index is 0.0607. The summed E-state index contributed by atoms with van der Waals surface area (Å²) < 4.78 is 1.72. The minimum atomic E-state index is -0.437. The zero-order valence-corrected chi connectivity index (χ0v) is 15.0. The maximum atomic E-state index is 12.4. The van der Waals surface area contributed by atoms with Crippen LogP contribution >= 0.6 is 22.9 Å². The molecule has 0 bridgehead atoms. The first kappa shape index (κ1) is 17.4. The lowest BCUT2D eigenvalue weighted by atomic mass is 10.2. The van der Waals surface area contributed by atoms with E-state index in [0.29, 0.717) is 15.4 Å². The average Bonchev–Trinajstić information content (AvgIpc) is 2.86. The van der Waals surface area contributed by atoms with Crippen LogP contribution in [0.4, 0.5) is 0 Å². The predicted molar refractivity (Wildman–Crippen MR) is 91.8 cm³/mol. The van der Waals surface area contributed by atoms with Crippen LogP contribution in [-0.4, -0.2) is 35.4 Å². The molecule has 2 amide bonds. The summed E-state index contributed by atoms with van der Waals surface area (Å²) in [5.74, 6) is -0.481. The summed E-state index contributed by atoms with van der Waals surface area (Å²) in [5.41, 5.74) is 0.346. The van der Waals surface area contributed by atoms with Gasteiger partial charge in [0.05, 0.1) is 10.6 Å². The Labute approximate surface area is 143 Å². The number of halogens is 1. The van der Waals surface area contributed by atoms with E-state index in [9.17, 15) is 9.59 Å². The molecule has 1 atom stereocenters. The first-order valence-electron chi connectivity index (χ1n) is 7.04. The summed E-state index contributed by atoms with van der Waals surface area (Å²) in [6, 6.07) is 6.34. The fourth-order valence-electron chi connectivity index (χ4n) is 2.11. The van der Waals surface area contributed by atoms with Gasteiger partial charge in [0.25, 0.3) is 5.91 Å². The Bertz CT molecular complexity index is 808. The van der Waals surface area contributed by atoms with Crippen LogP contribution in [0.1, 0.15) is 28.2 Å². The number of amides is 2. The Morgan fingerprint density at radius 1 is 1.30 bits per heavy atom. The highest BCUT2D eigenvalue weighted by Crippen LogP contribution is 2.16. The van der Waals surface area contributed by atoms with Crippen molar-refractivity contribution in [2.75, 3.05) is 14.1 Å². The van der Waals surface area contributed by atoms with Crippen LogP contribution in [0.3, 0.4) is 0 Å². The Morgan fingerprint density at radius 3 is 2.57 bits per heavy atom. The predicted octanol–water partition coefficient (Wildman–Crippen LogP) is 2.90. The third kappa shape index (κ3) is 3.89. The van der Waals surface area contributed by atoms with Crippen molar-refractivity contribution in [2.45, 2.75) is 19.9 Å². The molecule has 5 nitrogen and oxygen atoms in total. The van der Waals surface area contributed by atoms with E-state index in [0.717, 1.165) is 4.88 Å². The summed E-state index contributed by atoms with van der Waals surface area (Å²) >= 11 is 7.40. The van der Waals surface area contributed by atoms with Gasteiger partial charge in [-0.25, -0.2) is 0 Å². The number of benzene rings is 1. The van der Waals surface area contributed by atoms with E-state index in [-0.39, 0.29) is 5.91 Å². The average molecular weight is 352 g/mol. The van der Waals surface area contributed by atoms with Crippen LogP contribution in [0.5, 0.6) is 0 Å². The summed E-state index contributed by atoms with van der Waals surface area (Å²) in [7, 11) is 3.40. The second-order valence-electron chi connectivity index (χ2n) is 5.34. The van der Waals surface area contributed by atoms with Crippen molar-refractivity contribution in [3.8, 4) is 0 Å². The number of aryl methyl sites for hydroxylation is 1. The molecule has 2 aromatic rings. The molecule has 0 saturated heterocycles. The number of thiazole rings is 1. The smallest absolute Gasteiger partial charge is 0.281 e. The molecule has 23 heavy (non-hydrogen) atoms. The number of rotatable bonds is 3. The van der Waals surface area contributed by atoms with Gasteiger partial charge in [0.1, 0.15) is 6.04 Å². The van der Waals surface area contributed by atoms with E-state index in [1.54, 1.807) is 49.9 Å². The van der Waals surface area contributed by atoms with Gasteiger partial charge >= 0.3 is 0 Å². The molecule has 0 aliphatic heterocycles. The van der Waals surface area contributed by atoms with E-state index in [1.807, 2.05) is 13.1 Å². The van der Waals surface area contributed by atoms with Gasteiger partial charge in [-0.15, -0.1) is 11.3 Å². The normalized spacial score (nSPS) is 13.0. The summed E-state index contributed by atoms with van der Waals surface area (Å²) in [6.45, 7) is 3.69. The lowest BCUT2D eigenvalue weighted by molar-refractivity contribution is -0.131. The highest BCUT2D eigenvalue weighted by atomic mass is 35.5. The molecule has 1 heterocycles. The molecular weight excluding hydrogens is 334 g/mol. The summed E-state index contributed by atoms with van der Waals surface area (Å²) in [4.78, 5) is 31.7. The Balaban J connectivity index is 2.46.